The Kier molecular flexibility index (Phi) is 8.86. The van der Waals surface area contributed by atoms with Crippen molar-refractivity contribution >= 4 is 93.0 Å². The lowest BCUT2D eigenvalue weighted by Gasteiger charge is -2.54. The van der Waals surface area contributed by atoms with Crippen molar-refractivity contribution in [3.05, 3.63) is 0 Å². The van der Waals surface area contributed by atoms with Crippen molar-refractivity contribution < 1.29 is 55.1 Å². The van der Waals surface area contributed by atoms with Gasteiger partial charge in [0.05, 0.1) is 12.8 Å². The Bertz CT molecular complexity index is 907. The number of hydrogen-bond acceptors (Lipinski definition) is 13. The van der Waals surface area contributed by atoms with Gasteiger partial charge in [0.15, 0.2) is 9.04 Å². The number of rotatable bonds is 5. The first-order valence-electron chi connectivity index (χ1n) is 12.2. The average Bonchev–Trinajstić information content (AvgIpc) is 2.67. The van der Waals surface area contributed by atoms with E-state index >= 15 is 0 Å². The Morgan fingerprint density at radius 1 is 0.811 bits per heavy atom. The van der Waals surface area contributed by atoms with Gasteiger partial charge in [-0.3, -0.25) is 4.79 Å². The summed E-state index contributed by atoms with van der Waals surface area (Å²) < 4.78 is 76.9. The lowest BCUT2D eigenvalue weighted by molar-refractivity contribution is -0.145. The Labute approximate surface area is 236 Å². The van der Waals surface area contributed by atoms with Gasteiger partial charge in [-0.2, -0.15) is 0 Å². The second kappa shape index (κ2) is 10.5. The van der Waals surface area contributed by atoms with Gasteiger partial charge in [0.25, 0.3) is 0 Å². The SMILES string of the molecule is C[SiH]1CO[Si]2(C)O[Si]3(C)O[Si](C)(O1)O[Si]1(C)O[SiH](C)O[Si](CCCOC(=O)C(C)(C)Br)(O2)O[Si](C)(O1)O3. The molecule has 4 heterocycles. The van der Waals surface area contributed by atoms with E-state index < -0.39 is 75.5 Å². The summed E-state index contributed by atoms with van der Waals surface area (Å²) in [6, 6.07) is 0.322. The van der Waals surface area contributed by atoms with E-state index in [1.807, 2.05) is 19.6 Å². The van der Waals surface area contributed by atoms with Gasteiger partial charge in [-0.05, 0) is 33.4 Å². The van der Waals surface area contributed by atoms with Crippen molar-refractivity contribution in [3.63, 3.8) is 0 Å². The third-order valence-electron chi connectivity index (χ3n) is 5.60. The van der Waals surface area contributed by atoms with Gasteiger partial charge >= 0.3 is 68.1 Å². The first kappa shape index (κ1) is 31.2. The van der Waals surface area contributed by atoms with Crippen LogP contribution in [0.1, 0.15) is 20.3 Å². The largest absolute Gasteiger partial charge is 0.482 e. The number of fused-ring (bicyclic) bond motifs is 4. The molecule has 13 nitrogen and oxygen atoms in total. The molecule has 4 rings (SSSR count). The van der Waals surface area contributed by atoms with Crippen LogP contribution in [0.15, 0.2) is 0 Å². The van der Waals surface area contributed by atoms with Gasteiger partial charge in [0.1, 0.15) is 4.32 Å². The molecule has 4 aliphatic heterocycles. The van der Waals surface area contributed by atoms with Crippen molar-refractivity contribution in [1.82, 2.24) is 0 Å². The number of carbonyl (C=O) groups is 1. The Morgan fingerprint density at radius 2 is 1.32 bits per heavy atom. The van der Waals surface area contributed by atoms with Crippen LogP contribution in [0, 0.1) is 0 Å². The lowest BCUT2D eigenvalue weighted by atomic mass is 10.2. The maximum atomic E-state index is 12.2. The summed E-state index contributed by atoms with van der Waals surface area (Å²) in [4.78, 5) is 12.2. The van der Waals surface area contributed by atoms with Gasteiger partial charge in [0, 0.05) is 38.8 Å². The predicted octanol–water partition coefficient (Wildman–Crippen LogP) is 1.86. The maximum Gasteiger partial charge on any atom is 0.482 e. The van der Waals surface area contributed by atoms with Crippen LogP contribution in [-0.2, 0) is 55.1 Å². The lowest BCUT2D eigenvalue weighted by Crippen LogP contribution is -2.78. The molecular weight excluding hydrogens is 693 g/mol. The van der Waals surface area contributed by atoms with E-state index in [9.17, 15) is 4.79 Å². The highest BCUT2D eigenvalue weighted by Crippen LogP contribution is 2.42. The monoisotopic (exact) mass is 728 g/mol. The highest BCUT2D eigenvalue weighted by molar-refractivity contribution is 9.10. The second-order valence-corrected chi connectivity index (χ2v) is 34.9. The third kappa shape index (κ3) is 7.56. The molecule has 0 radical (unpaired) electrons. The van der Waals surface area contributed by atoms with Gasteiger partial charge in [-0.1, -0.05) is 15.9 Å². The second-order valence-electron chi connectivity index (χ2n) is 10.5. The van der Waals surface area contributed by atoms with Crippen molar-refractivity contribution in [1.29, 1.82) is 0 Å². The van der Waals surface area contributed by atoms with Crippen LogP contribution in [0.4, 0.5) is 0 Å². The van der Waals surface area contributed by atoms with Crippen molar-refractivity contribution in [3.8, 4) is 0 Å². The van der Waals surface area contributed by atoms with Crippen molar-refractivity contribution in [2.75, 3.05) is 12.8 Å². The minimum Gasteiger partial charge on any atom is -0.465 e. The number of alkyl halides is 1. The number of hydrogen-bond donors (Lipinski definition) is 0. The number of carbonyl (C=O) groups excluding carboxylic acids is 1. The van der Waals surface area contributed by atoms with Gasteiger partial charge in [0.2, 0.25) is 0 Å². The van der Waals surface area contributed by atoms with Gasteiger partial charge in [-0.15, -0.1) is 0 Å². The summed E-state index contributed by atoms with van der Waals surface area (Å²) in [5, 5.41) is 0. The fourth-order valence-electron chi connectivity index (χ4n) is 4.69. The standard InChI is InChI=1S/C15H37BrO13Si8/c1-15(2,16)14(17)18-11-10-12-37-22-31(4)21-34(7)24-33(6)20-30(3)13-19-32(5,28-37)23-35(8,25-33)27-36(9,26-34)29-37/h30-31H,10-13H2,1-9H3. The molecule has 6 bridgehead atoms. The zero-order valence-corrected chi connectivity index (χ0v) is 32.6. The normalized spacial score (nSPS) is 48.6. The molecule has 0 saturated carbocycles. The van der Waals surface area contributed by atoms with E-state index in [0.29, 0.717) is 18.7 Å². The molecule has 0 aromatic heterocycles. The summed E-state index contributed by atoms with van der Waals surface area (Å²) in [6.45, 7) is 16.4. The van der Waals surface area contributed by atoms with Crippen LogP contribution in [0.5, 0.6) is 0 Å². The predicted molar refractivity (Wildman–Crippen MR) is 150 cm³/mol. The quantitative estimate of drug-likeness (QED) is 0.177. The highest BCUT2D eigenvalue weighted by atomic mass is 79.9. The van der Waals surface area contributed by atoms with E-state index in [2.05, 4.69) is 15.9 Å². The van der Waals surface area contributed by atoms with Crippen LogP contribution in [-0.4, -0.2) is 94.3 Å². The van der Waals surface area contributed by atoms with Gasteiger partial charge in [-0.25, -0.2) is 0 Å². The van der Waals surface area contributed by atoms with E-state index in [1.165, 1.54) is 0 Å². The molecule has 0 spiro atoms. The fourth-order valence-corrected chi connectivity index (χ4v) is 44.7. The first-order chi connectivity index (χ1) is 16.8. The summed E-state index contributed by atoms with van der Waals surface area (Å²) in [5.41, 5.74) is 0. The Hall–Kier alpha value is 1.25. The summed E-state index contributed by atoms with van der Waals surface area (Å²) in [7, 11) is -25.2. The molecular formula is C15H37BrO13Si8. The van der Waals surface area contributed by atoms with Crippen LogP contribution >= 0.6 is 15.9 Å². The van der Waals surface area contributed by atoms with Gasteiger partial charge < -0.3 is 50.3 Å². The van der Waals surface area contributed by atoms with Crippen LogP contribution in [0.2, 0.25) is 51.9 Å². The van der Waals surface area contributed by atoms with E-state index in [-0.39, 0.29) is 12.6 Å². The van der Waals surface area contributed by atoms with Crippen molar-refractivity contribution in [2.24, 2.45) is 0 Å². The number of ether oxygens (including phenoxy) is 1. The molecule has 0 N–H and O–H groups in total. The van der Waals surface area contributed by atoms with Crippen LogP contribution in [0.3, 0.4) is 0 Å². The maximum absolute atomic E-state index is 12.2. The van der Waals surface area contributed by atoms with E-state index in [1.54, 1.807) is 40.0 Å². The zero-order valence-electron chi connectivity index (χ0n) is 22.7. The first-order valence-corrected chi connectivity index (χ1v) is 30.6. The Balaban J connectivity index is 1.72. The molecule has 8 unspecified atom stereocenters. The molecule has 4 aliphatic rings. The molecule has 4 fully saturated rings. The Morgan fingerprint density at radius 3 is 1.97 bits per heavy atom. The molecule has 0 aliphatic carbocycles. The third-order valence-corrected chi connectivity index (χ3v) is 38.0. The topological polar surface area (TPSA) is 128 Å². The number of halogens is 1. The summed E-state index contributed by atoms with van der Waals surface area (Å²) >= 11 is 3.33. The molecule has 0 aromatic carbocycles. The molecule has 22 heteroatoms. The van der Waals surface area contributed by atoms with Crippen LogP contribution < -0.4 is 0 Å². The van der Waals surface area contributed by atoms with Crippen molar-refractivity contribution in [2.45, 2.75) is 76.5 Å². The van der Waals surface area contributed by atoms with E-state index in [0.717, 1.165) is 0 Å². The molecule has 37 heavy (non-hydrogen) atoms. The highest BCUT2D eigenvalue weighted by Gasteiger charge is 2.71. The molecule has 214 valence electrons. The summed E-state index contributed by atoms with van der Waals surface area (Å²) in [6.07, 6.45) is 0.749. The summed E-state index contributed by atoms with van der Waals surface area (Å²) in [5.74, 6) is -0.364. The van der Waals surface area contributed by atoms with E-state index in [4.69, 9.17) is 50.3 Å². The zero-order chi connectivity index (χ0) is 27.5. The fraction of sp³-hybridized carbons (Fsp3) is 0.933. The minimum absolute atomic E-state index is 0.155. The molecule has 0 amide bonds. The molecule has 4 saturated heterocycles. The van der Waals surface area contributed by atoms with Crippen LogP contribution in [0.25, 0.3) is 0 Å². The molecule has 0 aromatic rings. The molecule has 8 atom stereocenters. The average molecular weight is 730 g/mol. The number of esters is 1. The minimum atomic E-state index is -3.60. The smallest absolute Gasteiger partial charge is 0.465 e.